The van der Waals surface area contributed by atoms with E-state index in [4.69, 9.17) is 20.8 Å². The van der Waals surface area contributed by atoms with Crippen LogP contribution in [0.25, 0.3) is 11.0 Å². The molecule has 0 radical (unpaired) electrons. The molecule has 2 aromatic heterocycles. The summed E-state index contributed by atoms with van der Waals surface area (Å²) >= 11 is 6.16. The number of nitrogens with zero attached hydrogens (tertiary/aromatic N) is 2. The second-order valence-electron chi connectivity index (χ2n) is 5.43. The first-order valence-corrected chi connectivity index (χ1v) is 8.02. The molecule has 0 spiro atoms. The molecule has 5 heteroatoms. The van der Waals surface area contributed by atoms with Crippen molar-refractivity contribution >= 4 is 22.6 Å². The van der Waals surface area contributed by atoms with E-state index < -0.39 is 0 Å². The topological polar surface area (TPSA) is 40.2 Å². The van der Waals surface area contributed by atoms with Gasteiger partial charge in [0.25, 0.3) is 0 Å². The molecule has 0 aliphatic carbocycles. The average Bonchev–Trinajstić information content (AvgIpc) is 3.23. The van der Waals surface area contributed by atoms with Crippen molar-refractivity contribution in [3.05, 3.63) is 83.5 Å². The molecule has 4 rings (SSSR count). The van der Waals surface area contributed by atoms with Crippen LogP contribution >= 0.6 is 11.6 Å². The Kier molecular flexibility index (Phi) is 3.97. The van der Waals surface area contributed by atoms with Gasteiger partial charge in [-0.1, -0.05) is 29.8 Å². The summed E-state index contributed by atoms with van der Waals surface area (Å²) in [6.07, 6.45) is 1.67. The lowest BCUT2D eigenvalue weighted by atomic mass is 10.3. The van der Waals surface area contributed by atoms with Gasteiger partial charge in [0.15, 0.2) is 0 Å². The average molecular weight is 339 g/mol. The van der Waals surface area contributed by atoms with Crippen molar-refractivity contribution < 1.29 is 9.15 Å². The van der Waals surface area contributed by atoms with Gasteiger partial charge in [-0.05, 0) is 42.5 Å². The highest BCUT2D eigenvalue weighted by molar-refractivity contribution is 6.31. The summed E-state index contributed by atoms with van der Waals surface area (Å²) in [6.45, 7) is 0.953. The molecule has 4 nitrogen and oxygen atoms in total. The summed E-state index contributed by atoms with van der Waals surface area (Å²) in [5, 5.41) is 0.679. The molecule has 0 unspecified atom stereocenters. The first-order valence-electron chi connectivity index (χ1n) is 7.64. The summed E-state index contributed by atoms with van der Waals surface area (Å²) in [6, 6.07) is 19.2. The van der Waals surface area contributed by atoms with Gasteiger partial charge in [-0.3, -0.25) is 0 Å². The van der Waals surface area contributed by atoms with Crippen LogP contribution in [0.4, 0.5) is 0 Å². The van der Waals surface area contributed by atoms with E-state index in [0.717, 1.165) is 28.4 Å². The first kappa shape index (κ1) is 14.8. The molecule has 0 saturated heterocycles. The van der Waals surface area contributed by atoms with Crippen LogP contribution in [0.3, 0.4) is 0 Å². The van der Waals surface area contributed by atoms with Crippen molar-refractivity contribution in [3.8, 4) is 5.75 Å². The molecule has 0 bridgehead atoms. The smallest absolute Gasteiger partial charge is 0.148 e. The largest absolute Gasteiger partial charge is 0.486 e. The summed E-state index contributed by atoms with van der Waals surface area (Å²) in [5.74, 6) is 2.50. The van der Waals surface area contributed by atoms with Crippen LogP contribution in [0.1, 0.15) is 11.6 Å². The first-order chi connectivity index (χ1) is 11.8. The molecular weight excluding hydrogens is 324 g/mol. The fraction of sp³-hybridized carbons (Fsp3) is 0.105. The Balaban J connectivity index is 1.70. The zero-order chi connectivity index (χ0) is 16.4. The summed E-state index contributed by atoms with van der Waals surface area (Å²) < 4.78 is 13.4. The molecule has 0 fully saturated rings. The molecule has 0 aliphatic rings. The van der Waals surface area contributed by atoms with E-state index in [2.05, 4.69) is 9.55 Å². The third-order valence-corrected chi connectivity index (χ3v) is 4.03. The number of ether oxygens (including phenoxy) is 1. The number of fused-ring (bicyclic) bond motifs is 1. The van der Waals surface area contributed by atoms with Crippen molar-refractivity contribution in [2.24, 2.45) is 0 Å². The van der Waals surface area contributed by atoms with E-state index in [1.165, 1.54) is 0 Å². The minimum atomic E-state index is 0.372. The Bertz CT molecular complexity index is 946. The SMILES string of the molecule is Clc1ccc2nc(COc3ccccc3)n(Cc3ccco3)c2c1. The van der Waals surface area contributed by atoms with Crippen molar-refractivity contribution in [1.29, 1.82) is 0 Å². The van der Waals surface area contributed by atoms with E-state index in [1.54, 1.807) is 6.26 Å². The highest BCUT2D eigenvalue weighted by Crippen LogP contribution is 2.23. The number of benzene rings is 2. The fourth-order valence-electron chi connectivity index (χ4n) is 2.66. The van der Waals surface area contributed by atoms with Gasteiger partial charge in [-0.25, -0.2) is 4.98 Å². The standard InChI is InChI=1S/C19H15ClN2O2/c20-14-8-9-17-18(11-14)22(12-16-7-4-10-23-16)19(21-17)13-24-15-5-2-1-3-6-15/h1-11H,12-13H2. The molecule has 2 aromatic carbocycles. The molecule has 0 aliphatic heterocycles. The maximum atomic E-state index is 6.16. The Morgan fingerprint density at radius 1 is 1.04 bits per heavy atom. The third-order valence-electron chi connectivity index (χ3n) is 3.79. The monoisotopic (exact) mass is 338 g/mol. The number of hydrogen-bond acceptors (Lipinski definition) is 3. The second kappa shape index (κ2) is 6.42. The number of furan rings is 1. The predicted molar refractivity (Wildman–Crippen MR) is 93.3 cm³/mol. The highest BCUT2D eigenvalue weighted by atomic mass is 35.5. The lowest BCUT2D eigenvalue weighted by Gasteiger charge is -2.09. The Hall–Kier alpha value is -2.72. The number of halogens is 1. The molecule has 4 aromatic rings. The van der Waals surface area contributed by atoms with Gasteiger partial charge in [0.05, 0.1) is 23.8 Å². The van der Waals surface area contributed by atoms with Gasteiger partial charge >= 0.3 is 0 Å². The highest BCUT2D eigenvalue weighted by Gasteiger charge is 2.13. The Labute approximate surface area is 144 Å². The minimum Gasteiger partial charge on any atom is -0.486 e. The predicted octanol–water partition coefficient (Wildman–Crippen LogP) is 4.91. The van der Waals surface area contributed by atoms with E-state index in [9.17, 15) is 0 Å². The molecule has 2 heterocycles. The van der Waals surface area contributed by atoms with Crippen LogP contribution in [-0.2, 0) is 13.2 Å². The van der Waals surface area contributed by atoms with Crippen molar-refractivity contribution in [2.75, 3.05) is 0 Å². The summed E-state index contributed by atoms with van der Waals surface area (Å²) in [7, 11) is 0. The van der Waals surface area contributed by atoms with Crippen molar-refractivity contribution in [2.45, 2.75) is 13.2 Å². The lowest BCUT2D eigenvalue weighted by Crippen LogP contribution is -2.08. The van der Waals surface area contributed by atoms with Gasteiger partial charge in [0, 0.05) is 5.02 Å². The van der Waals surface area contributed by atoms with Gasteiger partial charge < -0.3 is 13.7 Å². The van der Waals surface area contributed by atoms with Gasteiger partial charge in [0.1, 0.15) is 23.9 Å². The Morgan fingerprint density at radius 3 is 2.71 bits per heavy atom. The van der Waals surface area contributed by atoms with Crippen LogP contribution in [0.5, 0.6) is 5.75 Å². The molecule has 0 N–H and O–H groups in total. The van der Waals surface area contributed by atoms with Gasteiger partial charge in [0.2, 0.25) is 0 Å². The fourth-order valence-corrected chi connectivity index (χ4v) is 2.82. The number of hydrogen-bond donors (Lipinski definition) is 0. The van der Waals surface area contributed by atoms with Crippen LogP contribution in [0.15, 0.2) is 71.3 Å². The van der Waals surface area contributed by atoms with Crippen molar-refractivity contribution in [3.63, 3.8) is 0 Å². The summed E-state index contributed by atoms with van der Waals surface area (Å²) in [5.41, 5.74) is 1.85. The van der Waals surface area contributed by atoms with Gasteiger partial charge in [-0.2, -0.15) is 0 Å². The lowest BCUT2D eigenvalue weighted by molar-refractivity contribution is 0.290. The van der Waals surface area contributed by atoms with Crippen LogP contribution in [0.2, 0.25) is 5.02 Å². The Morgan fingerprint density at radius 2 is 1.92 bits per heavy atom. The van der Waals surface area contributed by atoms with Crippen LogP contribution < -0.4 is 4.74 Å². The van der Waals surface area contributed by atoms with Crippen molar-refractivity contribution in [1.82, 2.24) is 9.55 Å². The van der Waals surface area contributed by atoms with Crippen LogP contribution in [-0.4, -0.2) is 9.55 Å². The maximum Gasteiger partial charge on any atom is 0.148 e. The molecule has 120 valence electrons. The normalized spacial score (nSPS) is 11.0. The minimum absolute atomic E-state index is 0.372. The maximum absolute atomic E-state index is 6.16. The molecular formula is C19H15ClN2O2. The molecule has 24 heavy (non-hydrogen) atoms. The summed E-state index contributed by atoms with van der Waals surface area (Å²) in [4.78, 5) is 4.69. The number of rotatable bonds is 5. The molecule has 0 amide bonds. The zero-order valence-corrected chi connectivity index (χ0v) is 13.6. The third kappa shape index (κ3) is 3.01. The van der Waals surface area contributed by atoms with E-state index in [1.807, 2.05) is 60.7 Å². The number of aromatic nitrogens is 2. The molecule has 0 atom stereocenters. The zero-order valence-electron chi connectivity index (χ0n) is 12.9. The van der Waals surface area contributed by atoms with Crippen LogP contribution in [0, 0.1) is 0 Å². The van der Waals surface area contributed by atoms with Gasteiger partial charge in [-0.15, -0.1) is 0 Å². The van der Waals surface area contributed by atoms with E-state index >= 15 is 0 Å². The van der Waals surface area contributed by atoms with E-state index in [0.29, 0.717) is 18.2 Å². The van der Waals surface area contributed by atoms with E-state index in [-0.39, 0.29) is 0 Å². The second-order valence-corrected chi connectivity index (χ2v) is 5.86. The molecule has 0 saturated carbocycles. The quantitative estimate of drug-likeness (QED) is 0.519. The number of imidazole rings is 1. The number of para-hydroxylation sites is 1.